The van der Waals surface area contributed by atoms with Gasteiger partial charge in [0.2, 0.25) is 5.91 Å². The molecule has 1 unspecified atom stereocenters. The normalized spacial score (nSPS) is 19.9. The smallest absolute Gasteiger partial charge is 0.239 e. The Labute approximate surface area is 105 Å². The fourth-order valence-corrected chi connectivity index (χ4v) is 1.88. The van der Waals surface area contributed by atoms with Crippen LogP contribution >= 0.6 is 11.6 Å². The van der Waals surface area contributed by atoms with Crippen molar-refractivity contribution in [2.75, 3.05) is 19.8 Å². The van der Waals surface area contributed by atoms with Crippen molar-refractivity contribution in [3.05, 3.63) is 34.9 Å². The van der Waals surface area contributed by atoms with E-state index < -0.39 is 0 Å². The summed E-state index contributed by atoms with van der Waals surface area (Å²) in [7, 11) is 0. The topological polar surface area (TPSA) is 50.4 Å². The number of rotatable bonds is 3. The third-order valence-electron chi connectivity index (χ3n) is 2.65. The van der Waals surface area contributed by atoms with E-state index in [1.807, 2.05) is 24.3 Å². The number of hydrogen-bond donors (Lipinski definition) is 2. The van der Waals surface area contributed by atoms with Gasteiger partial charge in [0, 0.05) is 18.1 Å². The minimum absolute atomic E-state index is 0.0513. The Hall–Kier alpha value is -1.10. The van der Waals surface area contributed by atoms with Gasteiger partial charge in [-0.2, -0.15) is 0 Å². The summed E-state index contributed by atoms with van der Waals surface area (Å²) in [4.78, 5) is 11.8. The van der Waals surface area contributed by atoms with E-state index >= 15 is 0 Å². The fourth-order valence-electron chi connectivity index (χ4n) is 1.68. The first-order valence-electron chi connectivity index (χ1n) is 5.59. The molecule has 0 aromatic heterocycles. The molecule has 0 spiro atoms. The maximum Gasteiger partial charge on any atom is 0.239 e. The van der Waals surface area contributed by atoms with Crippen LogP contribution < -0.4 is 10.6 Å². The number of halogens is 1. The van der Waals surface area contributed by atoms with E-state index in [4.69, 9.17) is 16.3 Å². The zero-order chi connectivity index (χ0) is 12.1. The summed E-state index contributed by atoms with van der Waals surface area (Å²) in [5.41, 5.74) is 0.916. The maximum absolute atomic E-state index is 11.8. The molecule has 1 aromatic rings. The Balaban J connectivity index is 1.85. The van der Waals surface area contributed by atoms with Gasteiger partial charge >= 0.3 is 0 Å². The molecule has 92 valence electrons. The molecule has 1 heterocycles. The maximum atomic E-state index is 11.8. The Kier molecular flexibility index (Phi) is 4.36. The molecule has 2 rings (SSSR count). The second-order valence-corrected chi connectivity index (χ2v) is 4.30. The van der Waals surface area contributed by atoms with Crippen molar-refractivity contribution in [1.29, 1.82) is 0 Å². The van der Waals surface area contributed by atoms with Crippen molar-refractivity contribution in [2.24, 2.45) is 0 Å². The van der Waals surface area contributed by atoms with E-state index in [0.717, 1.165) is 5.56 Å². The minimum Gasteiger partial charge on any atom is -0.378 e. The molecule has 0 saturated carbocycles. The van der Waals surface area contributed by atoms with Crippen molar-refractivity contribution in [3.8, 4) is 0 Å². The van der Waals surface area contributed by atoms with E-state index in [2.05, 4.69) is 10.6 Å². The van der Waals surface area contributed by atoms with Crippen molar-refractivity contribution < 1.29 is 9.53 Å². The molecular weight excluding hydrogens is 240 g/mol. The Bertz CT molecular complexity index is 392. The van der Waals surface area contributed by atoms with Crippen molar-refractivity contribution in [2.45, 2.75) is 12.6 Å². The van der Waals surface area contributed by atoms with Gasteiger partial charge in [0.15, 0.2) is 0 Å². The second kappa shape index (κ2) is 6.00. The molecule has 1 amide bonds. The summed E-state index contributed by atoms with van der Waals surface area (Å²) in [6.45, 7) is 2.24. The molecule has 0 aliphatic carbocycles. The number of carbonyl (C=O) groups is 1. The average molecular weight is 255 g/mol. The standard InChI is InChI=1S/C12H15ClN2O2/c13-10-4-2-1-3-9(10)7-15-12(16)11-8-17-6-5-14-11/h1-4,11,14H,5-8H2,(H,15,16). The van der Waals surface area contributed by atoms with Crippen LogP contribution in [0.2, 0.25) is 5.02 Å². The predicted molar refractivity (Wildman–Crippen MR) is 65.9 cm³/mol. The monoisotopic (exact) mass is 254 g/mol. The van der Waals surface area contributed by atoms with Crippen LogP contribution in [-0.2, 0) is 16.1 Å². The van der Waals surface area contributed by atoms with Crippen LogP contribution in [0.3, 0.4) is 0 Å². The van der Waals surface area contributed by atoms with Crippen LogP contribution in [0.4, 0.5) is 0 Å². The van der Waals surface area contributed by atoms with Crippen LogP contribution in [0.1, 0.15) is 5.56 Å². The number of morpholine rings is 1. The number of benzene rings is 1. The second-order valence-electron chi connectivity index (χ2n) is 3.89. The van der Waals surface area contributed by atoms with Gasteiger partial charge in [0.25, 0.3) is 0 Å². The largest absolute Gasteiger partial charge is 0.378 e. The van der Waals surface area contributed by atoms with E-state index in [9.17, 15) is 4.79 Å². The van der Waals surface area contributed by atoms with E-state index in [0.29, 0.717) is 31.3 Å². The summed E-state index contributed by atoms with van der Waals surface area (Å²) in [6.07, 6.45) is 0. The molecule has 1 atom stereocenters. The first kappa shape index (κ1) is 12.4. The van der Waals surface area contributed by atoms with Gasteiger partial charge in [0.1, 0.15) is 6.04 Å². The molecule has 2 N–H and O–H groups in total. The van der Waals surface area contributed by atoms with Crippen molar-refractivity contribution in [1.82, 2.24) is 10.6 Å². The third-order valence-corrected chi connectivity index (χ3v) is 3.02. The van der Waals surface area contributed by atoms with Crippen LogP contribution in [-0.4, -0.2) is 31.7 Å². The lowest BCUT2D eigenvalue weighted by Gasteiger charge is -2.22. The van der Waals surface area contributed by atoms with Gasteiger partial charge in [-0.05, 0) is 11.6 Å². The fraction of sp³-hybridized carbons (Fsp3) is 0.417. The molecule has 0 radical (unpaired) electrons. The van der Waals surface area contributed by atoms with Gasteiger partial charge in [-0.25, -0.2) is 0 Å². The minimum atomic E-state index is -0.258. The van der Waals surface area contributed by atoms with Crippen LogP contribution in [0.5, 0.6) is 0 Å². The number of nitrogens with one attached hydrogen (secondary N) is 2. The summed E-state index contributed by atoms with van der Waals surface area (Å²) in [6, 6.07) is 7.21. The van der Waals surface area contributed by atoms with Gasteiger partial charge in [-0.3, -0.25) is 4.79 Å². The molecule has 1 saturated heterocycles. The summed E-state index contributed by atoms with van der Waals surface area (Å²) in [5.74, 6) is -0.0513. The Morgan fingerprint density at radius 1 is 1.53 bits per heavy atom. The highest BCUT2D eigenvalue weighted by Gasteiger charge is 2.20. The average Bonchev–Trinajstić information content (AvgIpc) is 2.38. The Morgan fingerprint density at radius 2 is 2.35 bits per heavy atom. The lowest BCUT2D eigenvalue weighted by Crippen LogP contribution is -2.51. The zero-order valence-electron chi connectivity index (χ0n) is 9.41. The lowest BCUT2D eigenvalue weighted by molar-refractivity contribution is -0.126. The van der Waals surface area contributed by atoms with Crippen LogP contribution in [0.25, 0.3) is 0 Å². The molecule has 17 heavy (non-hydrogen) atoms. The third kappa shape index (κ3) is 3.43. The van der Waals surface area contributed by atoms with Gasteiger partial charge in [-0.15, -0.1) is 0 Å². The summed E-state index contributed by atoms with van der Waals surface area (Å²) in [5, 5.41) is 6.61. The molecule has 5 heteroatoms. The summed E-state index contributed by atoms with van der Waals surface area (Å²) < 4.78 is 5.23. The molecular formula is C12H15ClN2O2. The first-order chi connectivity index (χ1) is 8.27. The zero-order valence-corrected chi connectivity index (χ0v) is 10.2. The molecule has 1 aromatic carbocycles. The molecule has 1 aliphatic heterocycles. The van der Waals surface area contributed by atoms with Gasteiger partial charge in [-0.1, -0.05) is 29.8 Å². The van der Waals surface area contributed by atoms with Crippen molar-refractivity contribution in [3.63, 3.8) is 0 Å². The van der Waals surface area contributed by atoms with E-state index in [-0.39, 0.29) is 11.9 Å². The number of hydrogen-bond acceptors (Lipinski definition) is 3. The predicted octanol–water partition coefficient (Wildman–Crippen LogP) is 0.945. The van der Waals surface area contributed by atoms with E-state index in [1.165, 1.54) is 0 Å². The molecule has 0 bridgehead atoms. The highest BCUT2D eigenvalue weighted by atomic mass is 35.5. The SMILES string of the molecule is O=C(NCc1ccccc1Cl)C1COCCN1. The quantitative estimate of drug-likeness (QED) is 0.844. The van der Waals surface area contributed by atoms with Gasteiger partial charge < -0.3 is 15.4 Å². The molecule has 1 aliphatic rings. The first-order valence-corrected chi connectivity index (χ1v) is 5.97. The number of amides is 1. The molecule has 1 fully saturated rings. The Morgan fingerprint density at radius 3 is 3.06 bits per heavy atom. The highest BCUT2D eigenvalue weighted by Crippen LogP contribution is 2.14. The van der Waals surface area contributed by atoms with Crippen LogP contribution in [0.15, 0.2) is 24.3 Å². The van der Waals surface area contributed by atoms with Crippen molar-refractivity contribution >= 4 is 17.5 Å². The molecule has 4 nitrogen and oxygen atoms in total. The van der Waals surface area contributed by atoms with Crippen LogP contribution in [0, 0.1) is 0 Å². The van der Waals surface area contributed by atoms with Gasteiger partial charge in [0.05, 0.1) is 13.2 Å². The van der Waals surface area contributed by atoms with E-state index in [1.54, 1.807) is 0 Å². The highest BCUT2D eigenvalue weighted by molar-refractivity contribution is 6.31. The number of carbonyl (C=O) groups excluding carboxylic acids is 1. The lowest BCUT2D eigenvalue weighted by atomic mass is 10.2. The number of ether oxygens (including phenoxy) is 1. The summed E-state index contributed by atoms with van der Waals surface area (Å²) >= 11 is 6.00.